The smallest absolute Gasteiger partial charge is 0.241 e. The number of pyridine rings is 2. The van der Waals surface area contributed by atoms with Gasteiger partial charge in [-0.15, -0.1) is 0 Å². The maximum atomic E-state index is 12.6. The number of nitrogens with two attached hydrogens (primary N) is 1. The average molecular weight is 383 g/mol. The van der Waals surface area contributed by atoms with Crippen molar-refractivity contribution in [3.05, 3.63) is 90.1 Å². The van der Waals surface area contributed by atoms with Crippen molar-refractivity contribution in [2.24, 2.45) is 5.73 Å². The van der Waals surface area contributed by atoms with Crippen LogP contribution >= 0.6 is 0 Å². The number of aromatic nitrogens is 3. The Kier molecular flexibility index (Phi) is 5.45. The molecule has 1 amide bonds. The average Bonchev–Trinajstić information content (AvgIpc) is 3.16. The molecular formula is C23H21N5O. The van der Waals surface area contributed by atoms with Gasteiger partial charge in [-0.05, 0) is 47.4 Å². The molecule has 0 aliphatic carbocycles. The zero-order valence-electron chi connectivity index (χ0n) is 15.7. The lowest BCUT2D eigenvalue weighted by molar-refractivity contribution is -0.117. The Morgan fingerprint density at radius 1 is 1.07 bits per heavy atom. The standard InChI is InChI=1S/C23H21N5O/c24-21(12-18-14-27-22-4-2-1-3-20(18)22)23(29)28-19-11-17(13-26-15-19)6-5-16-7-9-25-10-8-16/h1-11,13-15,21,27H,12,24H2,(H,28,29)/b6-5+/t21-/m0/s1. The Labute approximate surface area is 168 Å². The van der Waals surface area contributed by atoms with E-state index < -0.39 is 6.04 Å². The normalized spacial score (nSPS) is 12.3. The molecule has 0 fully saturated rings. The van der Waals surface area contributed by atoms with Crippen molar-refractivity contribution in [3.63, 3.8) is 0 Å². The van der Waals surface area contributed by atoms with E-state index in [-0.39, 0.29) is 5.91 Å². The Hall–Kier alpha value is -3.77. The van der Waals surface area contributed by atoms with Crippen molar-refractivity contribution >= 4 is 34.6 Å². The first-order valence-electron chi connectivity index (χ1n) is 9.33. The molecule has 4 rings (SSSR count). The van der Waals surface area contributed by atoms with Gasteiger partial charge in [-0.3, -0.25) is 14.8 Å². The minimum Gasteiger partial charge on any atom is -0.361 e. The third kappa shape index (κ3) is 4.56. The quantitative estimate of drug-likeness (QED) is 0.474. The van der Waals surface area contributed by atoms with E-state index in [1.165, 1.54) is 0 Å². The highest BCUT2D eigenvalue weighted by molar-refractivity contribution is 5.95. The number of hydrogen-bond acceptors (Lipinski definition) is 4. The first kappa shape index (κ1) is 18.6. The van der Waals surface area contributed by atoms with Gasteiger partial charge in [0.2, 0.25) is 5.91 Å². The molecule has 3 aromatic heterocycles. The van der Waals surface area contributed by atoms with Crippen LogP contribution in [0.25, 0.3) is 23.1 Å². The summed E-state index contributed by atoms with van der Waals surface area (Å²) in [7, 11) is 0. The fourth-order valence-electron chi connectivity index (χ4n) is 3.15. The Bertz CT molecular complexity index is 1150. The predicted molar refractivity (Wildman–Crippen MR) is 116 cm³/mol. The molecule has 0 saturated carbocycles. The van der Waals surface area contributed by atoms with E-state index in [9.17, 15) is 4.79 Å². The molecule has 0 radical (unpaired) electrons. The minimum absolute atomic E-state index is 0.243. The second kappa shape index (κ2) is 8.50. The molecule has 0 aliphatic rings. The lowest BCUT2D eigenvalue weighted by Crippen LogP contribution is -2.37. The van der Waals surface area contributed by atoms with Crippen molar-refractivity contribution in [1.29, 1.82) is 0 Å². The molecular weight excluding hydrogens is 362 g/mol. The monoisotopic (exact) mass is 383 g/mol. The number of hydrogen-bond donors (Lipinski definition) is 3. The van der Waals surface area contributed by atoms with E-state index in [1.54, 1.807) is 24.8 Å². The van der Waals surface area contributed by atoms with E-state index in [0.29, 0.717) is 12.1 Å². The molecule has 4 aromatic rings. The highest BCUT2D eigenvalue weighted by Gasteiger charge is 2.16. The van der Waals surface area contributed by atoms with Gasteiger partial charge in [-0.1, -0.05) is 30.4 Å². The number of carbonyl (C=O) groups excluding carboxylic acids is 1. The first-order chi connectivity index (χ1) is 14.2. The molecule has 29 heavy (non-hydrogen) atoms. The number of H-pyrrole nitrogens is 1. The van der Waals surface area contributed by atoms with Crippen LogP contribution in [0.3, 0.4) is 0 Å². The Morgan fingerprint density at radius 2 is 1.86 bits per heavy atom. The Balaban J connectivity index is 1.42. The van der Waals surface area contributed by atoms with Gasteiger partial charge in [0.15, 0.2) is 0 Å². The fourth-order valence-corrected chi connectivity index (χ4v) is 3.15. The summed E-state index contributed by atoms with van der Waals surface area (Å²) in [4.78, 5) is 24.0. The number of nitrogens with zero attached hydrogens (tertiary/aromatic N) is 2. The van der Waals surface area contributed by atoms with Crippen molar-refractivity contribution in [1.82, 2.24) is 15.0 Å². The molecule has 144 valence electrons. The summed E-state index contributed by atoms with van der Waals surface area (Å²) in [6.45, 7) is 0. The largest absolute Gasteiger partial charge is 0.361 e. The number of carbonyl (C=O) groups is 1. The lowest BCUT2D eigenvalue weighted by atomic mass is 10.0. The molecule has 4 N–H and O–H groups in total. The van der Waals surface area contributed by atoms with E-state index in [0.717, 1.165) is 27.6 Å². The third-order valence-corrected chi connectivity index (χ3v) is 4.65. The lowest BCUT2D eigenvalue weighted by Gasteiger charge is -2.12. The van der Waals surface area contributed by atoms with Gasteiger partial charge < -0.3 is 16.0 Å². The molecule has 0 unspecified atom stereocenters. The summed E-state index contributed by atoms with van der Waals surface area (Å²) < 4.78 is 0. The molecule has 6 nitrogen and oxygen atoms in total. The number of aromatic amines is 1. The topological polar surface area (TPSA) is 96.7 Å². The van der Waals surface area contributed by atoms with Gasteiger partial charge >= 0.3 is 0 Å². The van der Waals surface area contributed by atoms with E-state index in [1.807, 2.05) is 60.8 Å². The highest BCUT2D eigenvalue weighted by Crippen LogP contribution is 2.19. The van der Waals surface area contributed by atoms with Gasteiger partial charge in [0, 0.05) is 35.7 Å². The molecule has 6 heteroatoms. The van der Waals surface area contributed by atoms with Crippen molar-refractivity contribution in [3.8, 4) is 0 Å². The van der Waals surface area contributed by atoms with Gasteiger partial charge in [-0.2, -0.15) is 0 Å². The van der Waals surface area contributed by atoms with Gasteiger partial charge in [-0.25, -0.2) is 0 Å². The number of para-hydroxylation sites is 1. The first-order valence-corrected chi connectivity index (χ1v) is 9.33. The van der Waals surface area contributed by atoms with Crippen LogP contribution in [0.5, 0.6) is 0 Å². The van der Waals surface area contributed by atoms with E-state index >= 15 is 0 Å². The zero-order chi connectivity index (χ0) is 20.1. The van der Waals surface area contributed by atoms with Gasteiger partial charge in [0.05, 0.1) is 17.9 Å². The SMILES string of the molecule is N[C@@H](Cc1c[nH]c2ccccc12)C(=O)Nc1cncc(/C=C/c2ccncc2)c1. The number of fused-ring (bicyclic) bond motifs is 1. The van der Waals surface area contributed by atoms with Crippen LogP contribution in [0.4, 0.5) is 5.69 Å². The molecule has 1 atom stereocenters. The molecule has 0 aliphatic heterocycles. The maximum absolute atomic E-state index is 12.6. The van der Waals surface area contributed by atoms with Crippen LogP contribution in [0.2, 0.25) is 0 Å². The van der Waals surface area contributed by atoms with Crippen molar-refractivity contribution in [2.45, 2.75) is 12.5 Å². The van der Waals surface area contributed by atoms with Crippen LogP contribution in [-0.2, 0) is 11.2 Å². The predicted octanol–water partition coefficient (Wildman–Crippen LogP) is 3.64. The molecule has 1 aromatic carbocycles. The maximum Gasteiger partial charge on any atom is 0.241 e. The molecule has 0 spiro atoms. The van der Waals surface area contributed by atoms with Crippen molar-refractivity contribution in [2.75, 3.05) is 5.32 Å². The molecule has 3 heterocycles. The van der Waals surface area contributed by atoms with E-state index in [4.69, 9.17) is 5.73 Å². The fraction of sp³-hybridized carbons (Fsp3) is 0.0870. The molecule has 0 bridgehead atoms. The van der Waals surface area contributed by atoms with E-state index in [2.05, 4.69) is 20.3 Å². The summed E-state index contributed by atoms with van der Waals surface area (Å²) in [5.41, 5.74) is 10.7. The third-order valence-electron chi connectivity index (χ3n) is 4.65. The zero-order valence-corrected chi connectivity index (χ0v) is 15.7. The van der Waals surface area contributed by atoms with Crippen molar-refractivity contribution < 1.29 is 4.79 Å². The number of amides is 1. The number of benzene rings is 1. The summed E-state index contributed by atoms with van der Waals surface area (Å²) in [5, 5.41) is 3.94. The van der Waals surface area contributed by atoms with Gasteiger partial charge in [0.1, 0.15) is 0 Å². The van der Waals surface area contributed by atoms with Crippen LogP contribution in [0.15, 0.2) is 73.4 Å². The summed E-state index contributed by atoms with van der Waals surface area (Å²) in [6, 6.07) is 13.0. The summed E-state index contributed by atoms with van der Waals surface area (Å²) in [6.07, 6.45) is 13.1. The van der Waals surface area contributed by atoms with Crippen LogP contribution < -0.4 is 11.1 Å². The summed E-state index contributed by atoms with van der Waals surface area (Å²) >= 11 is 0. The number of anilines is 1. The van der Waals surface area contributed by atoms with Gasteiger partial charge in [0.25, 0.3) is 0 Å². The minimum atomic E-state index is -0.662. The van der Waals surface area contributed by atoms with Crippen LogP contribution in [-0.4, -0.2) is 26.9 Å². The second-order valence-electron chi connectivity index (χ2n) is 6.78. The highest BCUT2D eigenvalue weighted by atomic mass is 16.2. The second-order valence-corrected chi connectivity index (χ2v) is 6.78. The summed E-state index contributed by atoms with van der Waals surface area (Å²) in [5.74, 6) is -0.243. The van der Waals surface area contributed by atoms with Crippen LogP contribution in [0, 0.1) is 0 Å². The number of rotatable bonds is 6. The molecule has 0 saturated heterocycles. The Morgan fingerprint density at radius 3 is 2.72 bits per heavy atom. The van der Waals surface area contributed by atoms with Crippen LogP contribution in [0.1, 0.15) is 16.7 Å². The number of nitrogens with one attached hydrogen (secondary N) is 2.